The third-order valence-corrected chi connectivity index (χ3v) is 3.50. The zero-order valence-corrected chi connectivity index (χ0v) is 9.22. The molecule has 0 aliphatic carbocycles. The summed E-state index contributed by atoms with van der Waals surface area (Å²) in [5.74, 6) is 0. The summed E-state index contributed by atoms with van der Waals surface area (Å²) in [6.07, 6.45) is 0.551. The van der Waals surface area contributed by atoms with Gasteiger partial charge in [0.05, 0.1) is 4.90 Å². The minimum atomic E-state index is -3.94. The minimum absolute atomic E-state index is 0.0363. The molecule has 0 fully saturated rings. The summed E-state index contributed by atoms with van der Waals surface area (Å²) in [5, 5.41) is 21.1. The predicted octanol–water partition coefficient (Wildman–Crippen LogP) is 1.02. The number of hydrogen-bond donors (Lipinski definition) is 2. The zero-order chi connectivity index (χ0) is 12.2. The third kappa shape index (κ3) is 2.37. The van der Waals surface area contributed by atoms with E-state index in [0.29, 0.717) is 6.21 Å². The standard InChI is InChI=1S/C9H10N2O4S/c1-7-2-4-8(5-3-7)16(14,15)9(11-13)6-10-12/h2-6,12-13H,1H3. The van der Waals surface area contributed by atoms with Crippen LogP contribution in [0.5, 0.6) is 0 Å². The first-order valence-electron chi connectivity index (χ1n) is 4.23. The maximum absolute atomic E-state index is 11.8. The van der Waals surface area contributed by atoms with E-state index < -0.39 is 14.9 Å². The molecule has 0 unspecified atom stereocenters. The number of aryl methyl sites for hydroxylation is 1. The molecule has 0 amide bonds. The average molecular weight is 242 g/mol. The molecule has 1 rings (SSSR count). The van der Waals surface area contributed by atoms with Gasteiger partial charge in [0.25, 0.3) is 0 Å². The lowest BCUT2D eigenvalue weighted by molar-refractivity contribution is 0.316. The van der Waals surface area contributed by atoms with Gasteiger partial charge in [0.2, 0.25) is 14.9 Å². The van der Waals surface area contributed by atoms with Crippen LogP contribution < -0.4 is 0 Å². The SMILES string of the molecule is Cc1ccc(S(=O)(=O)C(C=NO)=NO)cc1. The van der Waals surface area contributed by atoms with Crippen molar-refractivity contribution in [1.29, 1.82) is 0 Å². The van der Waals surface area contributed by atoms with Gasteiger partial charge >= 0.3 is 0 Å². The van der Waals surface area contributed by atoms with E-state index in [1.54, 1.807) is 12.1 Å². The largest absolute Gasteiger partial charge is 0.411 e. The number of rotatable bonds is 2. The van der Waals surface area contributed by atoms with Crippen molar-refractivity contribution < 1.29 is 18.8 Å². The van der Waals surface area contributed by atoms with Gasteiger partial charge in [-0.25, -0.2) is 8.42 Å². The maximum Gasteiger partial charge on any atom is 0.228 e. The third-order valence-electron chi connectivity index (χ3n) is 1.87. The number of sulfone groups is 1. The van der Waals surface area contributed by atoms with Crippen molar-refractivity contribution in [3.8, 4) is 0 Å². The maximum atomic E-state index is 11.8. The molecule has 1 aromatic rings. The molecular formula is C9H10N2O4S. The van der Waals surface area contributed by atoms with Crippen molar-refractivity contribution in [3.05, 3.63) is 29.8 Å². The molecule has 2 N–H and O–H groups in total. The summed E-state index contributed by atoms with van der Waals surface area (Å²) in [7, 11) is -3.94. The second-order valence-corrected chi connectivity index (χ2v) is 4.90. The van der Waals surface area contributed by atoms with Crippen LogP contribution in [0.3, 0.4) is 0 Å². The summed E-state index contributed by atoms with van der Waals surface area (Å²) >= 11 is 0. The van der Waals surface area contributed by atoms with E-state index in [2.05, 4.69) is 10.3 Å². The highest BCUT2D eigenvalue weighted by Gasteiger charge is 2.21. The van der Waals surface area contributed by atoms with Crippen LogP contribution in [0.2, 0.25) is 0 Å². The van der Waals surface area contributed by atoms with Gasteiger partial charge in [-0.05, 0) is 19.1 Å². The molecule has 0 atom stereocenters. The van der Waals surface area contributed by atoms with Gasteiger partial charge < -0.3 is 10.4 Å². The Morgan fingerprint density at radius 3 is 2.25 bits per heavy atom. The Morgan fingerprint density at radius 2 is 1.81 bits per heavy atom. The predicted molar refractivity (Wildman–Crippen MR) is 57.9 cm³/mol. The Kier molecular flexibility index (Phi) is 3.62. The molecule has 86 valence electrons. The van der Waals surface area contributed by atoms with Gasteiger partial charge in [0, 0.05) is 0 Å². The highest BCUT2D eigenvalue weighted by atomic mass is 32.2. The van der Waals surface area contributed by atoms with Gasteiger partial charge in [-0.3, -0.25) is 0 Å². The lowest BCUT2D eigenvalue weighted by Gasteiger charge is -2.02. The van der Waals surface area contributed by atoms with Gasteiger partial charge in [0.1, 0.15) is 6.21 Å². The van der Waals surface area contributed by atoms with Crippen LogP contribution in [0.15, 0.2) is 39.5 Å². The van der Waals surface area contributed by atoms with E-state index >= 15 is 0 Å². The Hall–Kier alpha value is -1.89. The first kappa shape index (κ1) is 12.2. The molecule has 0 heterocycles. The van der Waals surface area contributed by atoms with Gasteiger partial charge in [0.15, 0.2) is 0 Å². The van der Waals surface area contributed by atoms with Crippen molar-refractivity contribution >= 4 is 21.1 Å². The van der Waals surface area contributed by atoms with Crippen LogP contribution >= 0.6 is 0 Å². The van der Waals surface area contributed by atoms with Gasteiger partial charge in [-0.1, -0.05) is 28.0 Å². The van der Waals surface area contributed by atoms with Crippen molar-refractivity contribution in [2.45, 2.75) is 11.8 Å². The molecule has 0 aromatic heterocycles. The van der Waals surface area contributed by atoms with E-state index in [0.717, 1.165) is 5.56 Å². The second kappa shape index (κ2) is 4.75. The molecule has 0 saturated heterocycles. The summed E-state index contributed by atoms with van der Waals surface area (Å²) in [6, 6.07) is 5.97. The molecule has 7 heteroatoms. The Bertz CT molecular complexity index is 517. The number of oxime groups is 2. The monoisotopic (exact) mass is 242 g/mol. The van der Waals surface area contributed by atoms with E-state index in [1.165, 1.54) is 12.1 Å². The topological polar surface area (TPSA) is 99.3 Å². The molecule has 0 aliphatic heterocycles. The first-order chi connectivity index (χ1) is 7.52. The minimum Gasteiger partial charge on any atom is -0.411 e. The number of nitrogens with zero attached hydrogens (tertiary/aromatic N) is 2. The molecule has 0 spiro atoms. The van der Waals surface area contributed by atoms with Crippen LogP contribution in [0.25, 0.3) is 0 Å². The smallest absolute Gasteiger partial charge is 0.228 e. The number of hydrogen-bond acceptors (Lipinski definition) is 6. The number of benzene rings is 1. The fourth-order valence-electron chi connectivity index (χ4n) is 1.04. The van der Waals surface area contributed by atoms with Crippen molar-refractivity contribution in [2.75, 3.05) is 0 Å². The average Bonchev–Trinajstić information content (AvgIpc) is 2.26. The van der Waals surface area contributed by atoms with E-state index in [-0.39, 0.29) is 4.90 Å². The summed E-state index contributed by atoms with van der Waals surface area (Å²) < 4.78 is 23.5. The fourth-order valence-corrected chi connectivity index (χ4v) is 2.07. The fraction of sp³-hybridized carbons (Fsp3) is 0.111. The molecular weight excluding hydrogens is 232 g/mol. The van der Waals surface area contributed by atoms with Crippen LogP contribution in [0.1, 0.15) is 5.56 Å². The first-order valence-corrected chi connectivity index (χ1v) is 5.72. The molecule has 16 heavy (non-hydrogen) atoms. The highest BCUT2D eigenvalue weighted by Crippen LogP contribution is 2.13. The molecule has 0 bridgehead atoms. The van der Waals surface area contributed by atoms with Crippen LogP contribution in [-0.2, 0) is 9.84 Å². The molecule has 6 nitrogen and oxygen atoms in total. The lowest BCUT2D eigenvalue weighted by Crippen LogP contribution is -2.16. The van der Waals surface area contributed by atoms with Crippen molar-refractivity contribution in [3.63, 3.8) is 0 Å². The molecule has 1 aromatic carbocycles. The van der Waals surface area contributed by atoms with E-state index in [1.807, 2.05) is 6.92 Å². The van der Waals surface area contributed by atoms with Crippen molar-refractivity contribution in [2.24, 2.45) is 10.3 Å². The second-order valence-electron chi connectivity index (χ2n) is 3.00. The Balaban J connectivity index is 3.26. The summed E-state index contributed by atoms with van der Waals surface area (Å²) in [4.78, 5) is -0.0363. The van der Waals surface area contributed by atoms with Crippen LogP contribution in [-0.4, -0.2) is 30.1 Å². The van der Waals surface area contributed by atoms with Crippen molar-refractivity contribution in [1.82, 2.24) is 0 Å². The van der Waals surface area contributed by atoms with E-state index in [4.69, 9.17) is 10.4 Å². The molecule has 0 aliphatic rings. The highest BCUT2D eigenvalue weighted by molar-refractivity contribution is 8.08. The lowest BCUT2D eigenvalue weighted by atomic mass is 10.2. The summed E-state index contributed by atoms with van der Waals surface area (Å²) in [6.45, 7) is 1.81. The molecule has 0 saturated carbocycles. The zero-order valence-electron chi connectivity index (χ0n) is 8.40. The Morgan fingerprint density at radius 1 is 1.25 bits per heavy atom. The Labute approximate surface area is 92.4 Å². The molecule has 0 radical (unpaired) electrons. The van der Waals surface area contributed by atoms with Gasteiger partial charge in [-0.2, -0.15) is 0 Å². The van der Waals surface area contributed by atoms with Crippen LogP contribution in [0, 0.1) is 6.92 Å². The van der Waals surface area contributed by atoms with Gasteiger partial charge in [-0.15, -0.1) is 0 Å². The van der Waals surface area contributed by atoms with Crippen LogP contribution in [0.4, 0.5) is 0 Å². The quantitative estimate of drug-likeness (QED) is 0.350. The normalized spacial score (nSPS) is 13.2. The summed E-state index contributed by atoms with van der Waals surface area (Å²) in [5.41, 5.74) is 0.900. The van der Waals surface area contributed by atoms with E-state index in [9.17, 15) is 8.42 Å².